The van der Waals surface area contributed by atoms with Gasteiger partial charge >= 0.3 is 0 Å². The Labute approximate surface area is 213 Å². The van der Waals surface area contributed by atoms with Crippen LogP contribution in [0.2, 0.25) is 0 Å². The van der Waals surface area contributed by atoms with Crippen LogP contribution in [0.1, 0.15) is 73.0 Å². The van der Waals surface area contributed by atoms with Crippen molar-refractivity contribution in [3.8, 4) is 0 Å². The molecule has 0 aliphatic carbocycles. The fraction of sp³-hybridized carbons (Fsp3) is 0.452. The van der Waals surface area contributed by atoms with Crippen LogP contribution >= 0.6 is 0 Å². The van der Waals surface area contributed by atoms with Gasteiger partial charge in [-0.3, -0.25) is 9.88 Å². The van der Waals surface area contributed by atoms with Gasteiger partial charge in [-0.25, -0.2) is 0 Å². The summed E-state index contributed by atoms with van der Waals surface area (Å²) >= 11 is 0. The number of para-hydroxylation sites is 1. The zero-order chi connectivity index (χ0) is 25.4. The van der Waals surface area contributed by atoms with Gasteiger partial charge in [0.1, 0.15) is 0 Å². The fourth-order valence-electron chi connectivity index (χ4n) is 4.88. The van der Waals surface area contributed by atoms with Gasteiger partial charge in [-0.15, -0.1) is 0 Å². The van der Waals surface area contributed by atoms with E-state index in [9.17, 15) is 0 Å². The Morgan fingerprint density at radius 3 is 1.83 bits per heavy atom. The highest BCUT2D eigenvalue weighted by Gasteiger charge is 2.14. The van der Waals surface area contributed by atoms with Crippen molar-refractivity contribution in [1.29, 1.82) is 0 Å². The van der Waals surface area contributed by atoms with Crippen LogP contribution in [0.15, 0.2) is 54.7 Å². The Hall–Kier alpha value is -2.85. The van der Waals surface area contributed by atoms with Gasteiger partial charge in [0.25, 0.3) is 0 Å². The second kappa shape index (κ2) is 12.7. The molecular weight excluding hydrogens is 428 g/mol. The smallest absolute Gasteiger partial charge is 0.0543 e. The van der Waals surface area contributed by atoms with E-state index < -0.39 is 0 Å². The molecule has 3 rings (SSSR count). The lowest BCUT2D eigenvalue weighted by Gasteiger charge is -2.25. The maximum absolute atomic E-state index is 4.58. The lowest BCUT2D eigenvalue weighted by molar-refractivity contribution is 0.283. The molecule has 188 valence electrons. The van der Waals surface area contributed by atoms with Crippen LogP contribution in [0.25, 0.3) is 0 Å². The SMILES string of the molecule is Cc1cc(C)c(NCCN(CCNc2c(C(C)C)cccc2C(C)C)Cc2ccccn2)c(C)c1. The lowest BCUT2D eigenvalue weighted by Crippen LogP contribution is -2.33. The summed E-state index contributed by atoms with van der Waals surface area (Å²) in [5.74, 6) is 0.983. The van der Waals surface area contributed by atoms with Crippen molar-refractivity contribution < 1.29 is 0 Å². The minimum atomic E-state index is 0.492. The first-order valence-electron chi connectivity index (χ1n) is 13.1. The van der Waals surface area contributed by atoms with E-state index >= 15 is 0 Å². The number of anilines is 2. The zero-order valence-electron chi connectivity index (χ0n) is 22.8. The molecule has 2 aromatic carbocycles. The molecule has 0 atom stereocenters. The standard InChI is InChI=1S/C31H44N4/c1-22(2)28-12-10-13-29(23(3)4)31(28)34-16-18-35(21-27-11-8-9-14-32-27)17-15-33-30-25(6)19-24(5)20-26(30)7/h8-14,19-20,22-23,33-34H,15-18,21H2,1-7H3. The summed E-state index contributed by atoms with van der Waals surface area (Å²) in [5.41, 5.74) is 10.4. The molecule has 3 aromatic rings. The molecule has 1 aromatic heterocycles. The maximum atomic E-state index is 4.58. The molecule has 2 N–H and O–H groups in total. The first-order valence-corrected chi connectivity index (χ1v) is 13.1. The third kappa shape index (κ3) is 7.57. The molecule has 0 amide bonds. The Kier molecular flexibility index (Phi) is 9.73. The van der Waals surface area contributed by atoms with Crippen molar-refractivity contribution in [2.24, 2.45) is 0 Å². The second-order valence-corrected chi connectivity index (χ2v) is 10.3. The molecule has 4 nitrogen and oxygen atoms in total. The first-order chi connectivity index (χ1) is 16.8. The molecule has 0 radical (unpaired) electrons. The summed E-state index contributed by atoms with van der Waals surface area (Å²) < 4.78 is 0. The summed E-state index contributed by atoms with van der Waals surface area (Å²) in [6.45, 7) is 20.2. The fourth-order valence-corrected chi connectivity index (χ4v) is 4.88. The predicted molar refractivity (Wildman–Crippen MR) is 152 cm³/mol. The molecule has 1 heterocycles. The third-order valence-corrected chi connectivity index (χ3v) is 6.62. The van der Waals surface area contributed by atoms with Crippen molar-refractivity contribution in [1.82, 2.24) is 9.88 Å². The molecule has 0 fully saturated rings. The molecule has 0 aliphatic heterocycles. The van der Waals surface area contributed by atoms with Crippen LogP contribution in [0.5, 0.6) is 0 Å². The molecule has 0 spiro atoms. The maximum Gasteiger partial charge on any atom is 0.0543 e. The van der Waals surface area contributed by atoms with Crippen molar-refractivity contribution in [2.45, 2.75) is 66.8 Å². The minimum absolute atomic E-state index is 0.492. The van der Waals surface area contributed by atoms with Gasteiger partial charge in [-0.05, 0) is 67.0 Å². The molecular formula is C31H44N4. The van der Waals surface area contributed by atoms with Gasteiger partial charge in [0.05, 0.1) is 5.69 Å². The Balaban J connectivity index is 1.68. The van der Waals surface area contributed by atoms with Crippen LogP contribution in [0.4, 0.5) is 11.4 Å². The lowest BCUT2D eigenvalue weighted by atomic mass is 9.92. The van der Waals surface area contributed by atoms with Crippen molar-refractivity contribution in [2.75, 3.05) is 36.8 Å². The molecule has 35 heavy (non-hydrogen) atoms. The highest BCUT2D eigenvalue weighted by Crippen LogP contribution is 2.32. The van der Waals surface area contributed by atoms with Crippen LogP contribution in [-0.2, 0) is 6.54 Å². The van der Waals surface area contributed by atoms with E-state index in [1.54, 1.807) is 0 Å². The van der Waals surface area contributed by atoms with E-state index in [4.69, 9.17) is 0 Å². The number of nitrogens with one attached hydrogen (secondary N) is 2. The van der Waals surface area contributed by atoms with Crippen LogP contribution in [0.3, 0.4) is 0 Å². The number of aromatic nitrogens is 1. The normalized spacial score (nSPS) is 11.5. The topological polar surface area (TPSA) is 40.2 Å². The number of hydrogen-bond donors (Lipinski definition) is 2. The summed E-state index contributed by atoms with van der Waals surface area (Å²) in [5, 5.41) is 7.51. The number of pyridine rings is 1. The second-order valence-electron chi connectivity index (χ2n) is 10.3. The van der Waals surface area contributed by atoms with Crippen LogP contribution in [-0.4, -0.2) is 36.1 Å². The molecule has 0 saturated heterocycles. The summed E-state index contributed by atoms with van der Waals surface area (Å²) in [7, 11) is 0. The van der Waals surface area contributed by atoms with Crippen LogP contribution in [0, 0.1) is 20.8 Å². The summed E-state index contributed by atoms with van der Waals surface area (Å²) in [6, 6.07) is 17.4. The van der Waals surface area contributed by atoms with E-state index in [0.717, 1.165) is 38.4 Å². The molecule has 0 saturated carbocycles. The highest BCUT2D eigenvalue weighted by atomic mass is 15.2. The van der Waals surface area contributed by atoms with Gasteiger partial charge < -0.3 is 10.6 Å². The van der Waals surface area contributed by atoms with Gasteiger partial charge in [0.15, 0.2) is 0 Å². The quantitative estimate of drug-likeness (QED) is 0.291. The Bertz CT molecular complexity index is 1020. The molecule has 0 aliphatic rings. The number of hydrogen-bond acceptors (Lipinski definition) is 4. The number of nitrogens with zero attached hydrogens (tertiary/aromatic N) is 2. The Morgan fingerprint density at radius 2 is 1.31 bits per heavy atom. The van der Waals surface area contributed by atoms with E-state index in [0.29, 0.717) is 11.8 Å². The predicted octanol–water partition coefficient (Wildman–Crippen LogP) is 7.28. The van der Waals surface area contributed by atoms with E-state index in [1.807, 2.05) is 12.3 Å². The first kappa shape index (κ1) is 26.7. The summed E-state index contributed by atoms with van der Waals surface area (Å²) in [4.78, 5) is 7.08. The monoisotopic (exact) mass is 472 g/mol. The number of rotatable bonds is 12. The average molecular weight is 473 g/mol. The minimum Gasteiger partial charge on any atom is -0.383 e. The van der Waals surface area contributed by atoms with Gasteiger partial charge in [0.2, 0.25) is 0 Å². The number of benzene rings is 2. The van der Waals surface area contributed by atoms with Gasteiger partial charge in [-0.2, -0.15) is 0 Å². The van der Waals surface area contributed by atoms with Gasteiger partial charge in [0, 0.05) is 50.3 Å². The van der Waals surface area contributed by atoms with E-state index in [2.05, 4.69) is 111 Å². The van der Waals surface area contributed by atoms with E-state index in [1.165, 1.54) is 39.2 Å². The highest BCUT2D eigenvalue weighted by molar-refractivity contribution is 5.60. The number of aryl methyl sites for hydroxylation is 3. The van der Waals surface area contributed by atoms with Gasteiger partial charge in [-0.1, -0.05) is 69.7 Å². The molecule has 0 unspecified atom stereocenters. The molecule has 0 bridgehead atoms. The van der Waals surface area contributed by atoms with Crippen molar-refractivity contribution in [3.05, 3.63) is 88.2 Å². The Morgan fingerprint density at radius 1 is 0.743 bits per heavy atom. The summed E-state index contributed by atoms with van der Waals surface area (Å²) in [6.07, 6.45) is 1.89. The average Bonchev–Trinajstić information content (AvgIpc) is 2.81. The van der Waals surface area contributed by atoms with Crippen molar-refractivity contribution in [3.63, 3.8) is 0 Å². The zero-order valence-corrected chi connectivity index (χ0v) is 22.8. The van der Waals surface area contributed by atoms with Crippen LogP contribution < -0.4 is 10.6 Å². The molecule has 4 heteroatoms. The third-order valence-electron chi connectivity index (χ3n) is 6.62. The largest absolute Gasteiger partial charge is 0.383 e. The van der Waals surface area contributed by atoms with Crippen molar-refractivity contribution >= 4 is 11.4 Å². The van der Waals surface area contributed by atoms with E-state index in [-0.39, 0.29) is 0 Å².